The Kier molecular flexibility index (Phi) is 7.05. The smallest absolute Gasteiger partial charge is 0.303 e. The number of carboxylic acids is 1. The van der Waals surface area contributed by atoms with Crippen molar-refractivity contribution in [3.8, 4) is 16.9 Å². The minimum absolute atomic E-state index is 0.0210. The zero-order valence-electron chi connectivity index (χ0n) is 18.1. The number of carbonyl (C=O) groups is 2. The first-order valence-corrected chi connectivity index (χ1v) is 11.6. The number of hydrogen-bond acceptors (Lipinski definition) is 4. The molecule has 1 fully saturated rings. The summed E-state index contributed by atoms with van der Waals surface area (Å²) in [7, 11) is 0. The minimum Gasteiger partial charge on any atom is -0.481 e. The van der Waals surface area contributed by atoms with Crippen LogP contribution in [0.3, 0.4) is 0 Å². The van der Waals surface area contributed by atoms with E-state index in [-0.39, 0.29) is 18.2 Å². The van der Waals surface area contributed by atoms with Crippen molar-refractivity contribution in [2.45, 2.75) is 32.3 Å². The second-order valence-electron chi connectivity index (χ2n) is 8.28. The van der Waals surface area contributed by atoms with Crippen LogP contribution in [0.2, 0.25) is 10.0 Å². The average molecular weight is 487 g/mol. The molecule has 0 spiro atoms. The second kappa shape index (κ2) is 9.98. The predicted molar refractivity (Wildman–Crippen MR) is 129 cm³/mol. The van der Waals surface area contributed by atoms with Gasteiger partial charge in [0.05, 0.1) is 5.52 Å². The van der Waals surface area contributed by atoms with Gasteiger partial charge >= 0.3 is 5.97 Å². The van der Waals surface area contributed by atoms with Crippen molar-refractivity contribution in [2.24, 2.45) is 5.92 Å². The van der Waals surface area contributed by atoms with E-state index in [9.17, 15) is 9.59 Å². The average Bonchev–Trinajstić information content (AvgIpc) is 2.78. The molecule has 1 unspecified atom stereocenters. The third kappa shape index (κ3) is 5.23. The number of piperidine rings is 1. The number of rotatable bonds is 6. The number of aromatic nitrogens is 1. The maximum atomic E-state index is 12.9. The fourth-order valence-corrected chi connectivity index (χ4v) is 4.97. The van der Waals surface area contributed by atoms with Crippen molar-refractivity contribution in [3.05, 3.63) is 58.7 Å². The molecule has 1 aromatic heterocycles. The number of ether oxygens (including phenoxy) is 1. The Hall–Kier alpha value is -2.83. The van der Waals surface area contributed by atoms with E-state index in [4.69, 9.17) is 33.0 Å². The Bertz CT molecular complexity index is 1180. The molecular weight excluding hydrogens is 463 g/mol. The predicted octanol–water partition coefficient (Wildman–Crippen LogP) is 5.69. The lowest BCUT2D eigenvalue weighted by Gasteiger charge is -2.33. The van der Waals surface area contributed by atoms with Gasteiger partial charge in [0.2, 0.25) is 0 Å². The zero-order valence-corrected chi connectivity index (χ0v) is 19.6. The number of halogens is 2. The summed E-state index contributed by atoms with van der Waals surface area (Å²) in [4.78, 5) is 30.1. The van der Waals surface area contributed by atoms with Crippen LogP contribution in [0.1, 0.15) is 26.2 Å². The first kappa shape index (κ1) is 23.3. The standard InChI is InChI=1S/C25H24Cl2N2O4/c1-15(25(32)29-11-3-4-16(14-29)12-23(30)31)33-17-7-8-18-19(9-10-28-22(18)13-17)24-20(26)5-2-6-21(24)27/h2,5-10,13,15-16H,3-4,11-12,14H2,1H3,(H,30,31)/t15?,16-/m1/s1. The molecule has 1 aliphatic rings. The Labute approximate surface area is 202 Å². The summed E-state index contributed by atoms with van der Waals surface area (Å²) in [6.45, 7) is 2.77. The third-order valence-electron chi connectivity index (χ3n) is 5.90. The van der Waals surface area contributed by atoms with Crippen molar-refractivity contribution >= 4 is 46.0 Å². The highest BCUT2D eigenvalue weighted by Gasteiger charge is 2.29. The quantitative estimate of drug-likeness (QED) is 0.483. The summed E-state index contributed by atoms with van der Waals surface area (Å²) >= 11 is 12.8. The number of fused-ring (bicyclic) bond motifs is 1. The molecule has 33 heavy (non-hydrogen) atoms. The molecule has 0 aliphatic carbocycles. The molecule has 2 heterocycles. The number of hydrogen-bond donors (Lipinski definition) is 1. The number of pyridine rings is 1. The van der Waals surface area contributed by atoms with Gasteiger partial charge in [0, 0.05) is 52.8 Å². The fourth-order valence-electron chi connectivity index (χ4n) is 4.36. The molecule has 8 heteroatoms. The van der Waals surface area contributed by atoms with E-state index in [0.29, 0.717) is 34.4 Å². The van der Waals surface area contributed by atoms with E-state index in [2.05, 4.69) is 4.98 Å². The largest absolute Gasteiger partial charge is 0.481 e. The van der Waals surface area contributed by atoms with Crippen LogP contribution in [-0.2, 0) is 9.59 Å². The van der Waals surface area contributed by atoms with Gasteiger partial charge in [-0.25, -0.2) is 0 Å². The summed E-state index contributed by atoms with van der Waals surface area (Å²) in [5.41, 5.74) is 2.30. The van der Waals surface area contributed by atoms with E-state index in [1.165, 1.54) is 0 Å². The Morgan fingerprint density at radius 2 is 1.97 bits per heavy atom. The van der Waals surface area contributed by atoms with E-state index in [1.54, 1.807) is 48.4 Å². The molecule has 0 radical (unpaired) electrons. The highest BCUT2D eigenvalue weighted by molar-refractivity contribution is 6.39. The Morgan fingerprint density at radius 3 is 2.70 bits per heavy atom. The van der Waals surface area contributed by atoms with Crippen LogP contribution in [0.25, 0.3) is 22.0 Å². The minimum atomic E-state index is -0.834. The molecule has 1 aliphatic heterocycles. The molecule has 1 N–H and O–H groups in total. The lowest BCUT2D eigenvalue weighted by molar-refractivity contribution is -0.143. The monoisotopic (exact) mass is 486 g/mol. The van der Waals surface area contributed by atoms with Gasteiger partial charge in [-0.2, -0.15) is 0 Å². The van der Waals surface area contributed by atoms with Gasteiger partial charge in [-0.05, 0) is 61.6 Å². The summed E-state index contributed by atoms with van der Waals surface area (Å²) in [6, 6.07) is 12.7. The molecular formula is C25H24Cl2N2O4. The maximum absolute atomic E-state index is 12.9. The lowest BCUT2D eigenvalue weighted by atomic mass is 9.94. The highest BCUT2D eigenvalue weighted by atomic mass is 35.5. The first-order valence-electron chi connectivity index (χ1n) is 10.8. The van der Waals surface area contributed by atoms with E-state index in [1.807, 2.05) is 12.1 Å². The number of amides is 1. The van der Waals surface area contributed by atoms with Crippen molar-refractivity contribution in [3.63, 3.8) is 0 Å². The molecule has 1 amide bonds. The third-order valence-corrected chi connectivity index (χ3v) is 6.53. The van der Waals surface area contributed by atoms with Gasteiger partial charge < -0.3 is 14.7 Å². The summed E-state index contributed by atoms with van der Waals surface area (Å²) < 4.78 is 5.95. The molecule has 172 valence electrons. The second-order valence-corrected chi connectivity index (χ2v) is 9.10. The van der Waals surface area contributed by atoms with Crippen molar-refractivity contribution in [1.82, 2.24) is 9.88 Å². The molecule has 6 nitrogen and oxygen atoms in total. The normalized spacial score (nSPS) is 17.1. The van der Waals surface area contributed by atoms with E-state index in [0.717, 1.165) is 29.4 Å². The van der Waals surface area contributed by atoms with Crippen LogP contribution in [0.4, 0.5) is 0 Å². The lowest BCUT2D eigenvalue weighted by Crippen LogP contribution is -2.46. The SMILES string of the molecule is CC(Oc1ccc2c(-c3c(Cl)cccc3Cl)ccnc2c1)C(=O)N1CCC[C@H](CC(=O)O)C1. The molecule has 3 aromatic rings. The van der Waals surface area contributed by atoms with E-state index < -0.39 is 12.1 Å². The molecule has 0 bridgehead atoms. The summed E-state index contributed by atoms with van der Waals surface area (Å²) in [5, 5.41) is 11.0. The van der Waals surface area contributed by atoms with Gasteiger partial charge in [0.25, 0.3) is 5.91 Å². The number of nitrogens with zero attached hydrogens (tertiary/aromatic N) is 2. The molecule has 0 saturated carbocycles. The maximum Gasteiger partial charge on any atom is 0.303 e. The van der Waals surface area contributed by atoms with Crippen LogP contribution in [0.5, 0.6) is 5.75 Å². The molecule has 2 aromatic carbocycles. The topological polar surface area (TPSA) is 79.7 Å². The van der Waals surface area contributed by atoms with Crippen LogP contribution in [0, 0.1) is 5.92 Å². The van der Waals surface area contributed by atoms with Gasteiger partial charge in [-0.3, -0.25) is 14.6 Å². The van der Waals surface area contributed by atoms with Gasteiger partial charge in [0.15, 0.2) is 6.10 Å². The molecule has 1 saturated heterocycles. The van der Waals surface area contributed by atoms with Gasteiger partial charge in [0.1, 0.15) is 5.75 Å². The van der Waals surface area contributed by atoms with Gasteiger partial charge in [-0.15, -0.1) is 0 Å². The first-order chi connectivity index (χ1) is 15.8. The number of carboxylic acid groups (broad SMARTS) is 1. The molecule has 4 rings (SSSR count). The van der Waals surface area contributed by atoms with Crippen molar-refractivity contribution < 1.29 is 19.4 Å². The number of aliphatic carboxylic acids is 1. The molecule has 2 atom stereocenters. The number of carbonyl (C=O) groups excluding carboxylic acids is 1. The van der Waals surface area contributed by atoms with Crippen LogP contribution in [0.15, 0.2) is 48.7 Å². The zero-order chi connectivity index (χ0) is 23.5. The van der Waals surface area contributed by atoms with Crippen molar-refractivity contribution in [2.75, 3.05) is 13.1 Å². The number of benzene rings is 2. The Morgan fingerprint density at radius 1 is 1.21 bits per heavy atom. The van der Waals surface area contributed by atoms with Crippen molar-refractivity contribution in [1.29, 1.82) is 0 Å². The Balaban J connectivity index is 1.53. The highest BCUT2D eigenvalue weighted by Crippen LogP contribution is 2.38. The van der Waals surface area contributed by atoms with Crippen LogP contribution >= 0.6 is 23.2 Å². The van der Waals surface area contributed by atoms with Gasteiger partial charge in [-0.1, -0.05) is 29.3 Å². The fraction of sp³-hybridized carbons (Fsp3) is 0.320. The van der Waals surface area contributed by atoms with Crippen LogP contribution < -0.4 is 4.74 Å². The van der Waals surface area contributed by atoms with Crippen LogP contribution in [-0.4, -0.2) is 46.1 Å². The number of likely N-dealkylation sites (tertiary alicyclic amines) is 1. The van der Waals surface area contributed by atoms with E-state index >= 15 is 0 Å². The summed E-state index contributed by atoms with van der Waals surface area (Å²) in [6.07, 6.45) is 2.68. The summed E-state index contributed by atoms with van der Waals surface area (Å²) in [5.74, 6) is -0.473.